The second-order valence-electron chi connectivity index (χ2n) is 7.55. The Hall–Kier alpha value is -2.65. The van der Waals surface area contributed by atoms with Crippen LogP contribution in [-0.4, -0.2) is 90.3 Å². The molecule has 9 nitrogen and oxygen atoms in total. The topological polar surface area (TPSA) is 108 Å². The predicted molar refractivity (Wildman–Crippen MR) is 101 cm³/mol. The molecule has 0 bridgehead atoms. The van der Waals surface area contributed by atoms with Gasteiger partial charge < -0.3 is 29.7 Å². The Morgan fingerprint density at radius 2 is 1.90 bits per heavy atom. The smallest absolute Gasteiger partial charge is 0.318 e. The third-order valence-corrected chi connectivity index (χ3v) is 5.67. The summed E-state index contributed by atoms with van der Waals surface area (Å²) in [5.41, 5.74) is 0.799. The number of morpholine rings is 1. The first-order chi connectivity index (χ1) is 14.0. The van der Waals surface area contributed by atoms with E-state index in [1.807, 2.05) is 0 Å². The molecule has 4 rings (SSSR count). The average molecular weight is 403 g/mol. The molecule has 3 aliphatic rings. The van der Waals surface area contributed by atoms with Gasteiger partial charge in [0.05, 0.1) is 19.3 Å². The van der Waals surface area contributed by atoms with Crippen molar-refractivity contribution in [2.24, 2.45) is 0 Å². The predicted octanol–water partition coefficient (Wildman–Crippen LogP) is -0.0861. The van der Waals surface area contributed by atoms with E-state index in [1.54, 1.807) is 34.1 Å². The summed E-state index contributed by atoms with van der Waals surface area (Å²) in [6.07, 6.45) is 0.625. The molecular weight excluding hydrogens is 378 g/mol. The summed E-state index contributed by atoms with van der Waals surface area (Å²) in [7, 11) is 0. The van der Waals surface area contributed by atoms with Gasteiger partial charge in [0.25, 0.3) is 0 Å². The molecule has 3 fully saturated rings. The molecule has 3 amide bonds. The number of aromatic hydroxyl groups is 1. The molecule has 1 aromatic rings. The first-order valence-electron chi connectivity index (χ1n) is 9.89. The molecule has 0 aliphatic carbocycles. The Morgan fingerprint density at radius 3 is 2.62 bits per heavy atom. The fourth-order valence-electron chi connectivity index (χ4n) is 4.12. The minimum absolute atomic E-state index is 0.0296. The zero-order valence-corrected chi connectivity index (χ0v) is 16.1. The number of hydrogen-bond acceptors (Lipinski definition) is 6. The molecule has 3 atom stereocenters. The van der Waals surface area contributed by atoms with Gasteiger partial charge in [-0.05, 0) is 24.1 Å². The van der Waals surface area contributed by atoms with Gasteiger partial charge in [0, 0.05) is 26.1 Å². The number of ketones is 1. The summed E-state index contributed by atoms with van der Waals surface area (Å²) in [5, 5.41) is 12.4. The number of benzene rings is 1. The number of ether oxygens (including phenoxy) is 2. The van der Waals surface area contributed by atoms with Gasteiger partial charge in [-0.25, -0.2) is 4.79 Å². The lowest BCUT2D eigenvalue weighted by Crippen LogP contribution is -2.56. The highest BCUT2D eigenvalue weighted by Crippen LogP contribution is 2.28. The molecule has 3 heterocycles. The summed E-state index contributed by atoms with van der Waals surface area (Å²) in [6, 6.07) is 4.81. The first kappa shape index (κ1) is 19.7. The molecule has 156 valence electrons. The monoisotopic (exact) mass is 403 g/mol. The highest BCUT2D eigenvalue weighted by atomic mass is 16.5. The Balaban J connectivity index is 1.51. The second kappa shape index (κ2) is 8.38. The number of fused-ring (bicyclic) bond motifs is 1. The largest absolute Gasteiger partial charge is 0.508 e. The molecular formula is C20H25N3O6. The van der Waals surface area contributed by atoms with Gasteiger partial charge in [-0.1, -0.05) is 12.1 Å². The van der Waals surface area contributed by atoms with E-state index in [0.29, 0.717) is 39.3 Å². The number of nitrogens with one attached hydrogen (secondary N) is 1. The van der Waals surface area contributed by atoms with Gasteiger partial charge in [-0.2, -0.15) is 0 Å². The molecule has 2 unspecified atom stereocenters. The van der Waals surface area contributed by atoms with E-state index < -0.39 is 12.1 Å². The molecule has 2 N–H and O–H groups in total. The van der Waals surface area contributed by atoms with Crippen LogP contribution >= 0.6 is 0 Å². The summed E-state index contributed by atoms with van der Waals surface area (Å²) in [6.45, 7) is 2.32. The highest BCUT2D eigenvalue weighted by Gasteiger charge is 2.48. The van der Waals surface area contributed by atoms with Crippen LogP contribution < -0.4 is 5.32 Å². The van der Waals surface area contributed by atoms with E-state index in [-0.39, 0.29) is 42.6 Å². The quantitative estimate of drug-likeness (QED) is 0.728. The van der Waals surface area contributed by atoms with Crippen molar-refractivity contribution in [2.45, 2.75) is 31.0 Å². The zero-order chi connectivity index (χ0) is 20.4. The number of nitrogens with zero attached hydrogens (tertiary/aromatic N) is 2. The van der Waals surface area contributed by atoms with E-state index in [2.05, 4.69) is 5.32 Å². The zero-order valence-electron chi connectivity index (χ0n) is 16.1. The second-order valence-corrected chi connectivity index (χ2v) is 7.55. The van der Waals surface area contributed by atoms with Crippen LogP contribution in [0.5, 0.6) is 5.75 Å². The molecule has 9 heteroatoms. The average Bonchev–Trinajstić information content (AvgIpc) is 3.32. The minimum atomic E-state index is -0.818. The number of amides is 3. The molecule has 3 saturated heterocycles. The molecule has 0 spiro atoms. The molecule has 3 aliphatic heterocycles. The Kier molecular flexibility index (Phi) is 5.68. The summed E-state index contributed by atoms with van der Waals surface area (Å²) in [4.78, 5) is 41.4. The van der Waals surface area contributed by atoms with Gasteiger partial charge in [-0.3, -0.25) is 9.59 Å². The van der Waals surface area contributed by atoms with Crippen LogP contribution in [0.25, 0.3) is 0 Å². The molecule has 0 radical (unpaired) electrons. The number of phenols is 1. The van der Waals surface area contributed by atoms with Crippen LogP contribution in [0.3, 0.4) is 0 Å². The van der Waals surface area contributed by atoms with Crippen molar-refractivity contribution < 1.29 is 29.0 Å². The van der Waals surface area contributed by atoms with Gasteiger partial charge in [0.1, 0.15) is 24.4 Å². The van der Waals surface area contributed by atoms with Crippen molar-refractivity contribution in [3.05, 3.63) is 29.8 Å². The Labute approximate surface area is 168 Å². The third-order valence-electron chi connectivity index (χ3n) is 5.67. The molecule has 0 aromatic heterocycles. The van der Waals surface area contributed by atoms with Crippen molar-refractivity contribution in [1.82, 2.24) is 15.1 Å². The Morgan fingerprint density at radius 1 is 1.17 bits per heavy atom. The van der Waals surface area contributed by atoms with Gasteiger partial charge in [-0.15, -0.1) is 0 Å². The number of rotatable bonds is 4. The summed E-state index contributed by atoms with van der Waals surface area (Å²) in [5.74, 6) is -0.250. The molecule has 0 saturated carbocycles. The number of likely N-dealkylation sites (tertiary alicyclic amines) is 1. The standard InChI is InChI=1S/C20H25N3O6/c24-14-3-1-13(2-4-14)11-15(21-20(27)22-7-9-28-10-8-22)19(26)23-6-5-17-18(23)16(25)12-29-17/h1-4,15,17-18,24H,5-12H2,(H,21,27)/t15-,17?,18?/m0/s1. The lowest BCUT2D eigenvalue weighted by atomic mass is 10.0. The normalized spacial score (nSPS) is 25.0. The maximum atomic E-state index is 13.3. The number of phenolic OH excluding ortho intramolecular Hbond substituents is 1. The molecule has 29 heavy (non-hydrogen) atoms. The van der Waals surface area contributed by atoms with Crippen LogP contribution in [0.2, 0.25) is 0 Å². The first-order valence-corrected chi connectivity index (χ1v) is 9.89. The van der Waals surface area contributed by atoms with Crippen LogP contribution in [-0.2, 0) is 25.5 Å². The van der Waals surface area contributed by atoms with E-state index in [9.17, 15) is 19.5 Å². The lowest BCUT2D eigenvalue weighted by Gasteiger charge is -2.31. The van der Waals surface area contributed by atoms with Gasteiger partial charge >= 0.3 is 6.03 Å². The van der Waals surface area contributed by atoms with Crippen molar-refractivity contribution in [3.63, 3.8) is 0 Å². The Bertz CT molecular complexity index is 777. The van der Waals surface area contributed by atoms with Crippen LogP contribution in [0, 0.1) is 0 Å². The summed E-state index contributed by atoms with van der Waals surface area (Å²) < 4.78 is 10.8. The van der Waals surface area contributed by atoms with Crippen molar-refractivity contribution in [1.29, 1.82) is 0 Å². The minimum Gasteiger partial charge on any atom is -0.508 e. The van der Waals surface area contributed by atoms with E-state index in [4.69, 9.17) is 9.47 Å². The lowest BCUT2D eigenvalue weighted by molar-refractivity contribution is -0.138. The fourth-order valence-corrected chi connectivity index (χ4v) is 4.12. The summed E-state index contributed by atoms with van der Waals surface area (Å²) >= 11 is 0. The van der Waals surface area contributed by atoms with Gasteiger partial charge in [0.2, 0.25) is 5.91 Å². The van der Waals surface area contributed by atoms with E-state index in [1.165, 1.54) is 0 Å². The van der Waals surface area contributed by atoms with Crippen LogP contribution in [0.4, 0.5) is 4.79 Å². The van der Waals surface area contributed by atoms with Crippen LogP contribution in [0.1, 0.15) is 12.0 Å². The van der Waals surface area contributed by atoms with Crippen molar-refractivity contribution >= 4 is 17.7 Å². The number of Topliss-reactive ketones (excluding diaryl/α,β-unsaturated/α-hetero) is 1. The molecule has 1 aromatic carbocycles. The maximum absolute atomic E-state index is 13.3. The van der Waals surface area contributed by atoms with Crippen LogP contribution in [0.15, 0.2) is 24.3 Å². The number of urea groups is 1. The van der Waals surface area contributed by atoms with E-state index >= 15 is 0 Å². The van der Waals surface area contributed by atoms with E-state index in [0.717, 1.165) is 5.56 Å². The SMILES string of the molecule is O=C1COC2CCN(C(=O)[C@H](Cc3ccc(O)cc3)NC(=O)N3CCOCC3)C12. The van der Waals surface area contributed by atoms with Crippen molar-refractivity contribution in [2.75, 3.05) is 39.5 Å². The number of carbonyl (C=O) groups is 3. The fraction of sp³-hybridized carbons (Fsp3) is 0.550. The highest BCUT2D eigenvalue weighted by molar-refractivity contribution is 5.95. The maximum Gasteiger partial charge on any atom is 0.318 e. The number of carbonyl (C=O) groups excluding carboxylic acids is 3. The number of hydrogen-bond donors (Lipinski definition) is 2. The van der Waals surface area contributed by atoms with Crippen molar-refractivity contribution in [3.8, 4) is 5.75 Å². The van der Waals surface area contributed by atoms with Gasteiger partial charge in [0.15, 0.2) is 5.78 Å². The third kappa shape index (κ3) is 4.20.